The molecule has 0 radical (unpaired) electrons. The quantitative estimate of drug-likeness (QED) is 0.706. The van der Waals surface area contributed by atoms with E-state index in [0.717, 1.165) is 13.0 Å². The van der Waals surface area contributed by atoms with E-state index in [4.69, 9.17) is 18.7 Å². The van der Waals surface area contributed by atoms with Gasteiger partial charge in [0.1, 0.15) is 0 Å². The molecule has 1 aliphatic heterocycles. The SMILES string of the molecule is CCOC(OCC)c1nc(C2CCOC2)no1. The largest absolute Gasteiger partial charge is 0.381 e. The first-order valence-corrected chi connectivity index (χ1v) is 5.99. The first-order chi connectivity index (χ1) is 8.35. The lowest BCUT2D eigenvalue weighted by atomic mass is 10.1. The van der Waals surface area contributed by atoms with Gasteiger partial charge in [0.25, 0.3) is 5.89 Å². The van der Waals surface area contributed by atoms with Crippen LogP contribution in [0.25, 0.3) is 0 Å². The minimum Gasteiger partial charge on any atom is -0.381 e. The van der Waals surface area contributed by atoms with Gasteiger partial charge in [-0.15, -0.1) is 0 Å². The van der Waals surface area contributed by atoms with Crippen LogP contribution in [-0.2, 0) is 14.2 Å². The predicted molar refractivity (Wildman–Crippen MR) is 58.5 cm³/mol. The Kier molecular flexibility index (Phi) is 4.47. The predicted octanol–water partition coefficient (Wildman–Crippen LogP) is 1.65. The lowest BCUT2D eigenvalue weighted by molar-refractivity contribution is -0.155. The molecule has 0 aliphatic carbocycles. The lowest BCUT2D eigenvalue weighted by Crippen LogP contribution is -2.09. The van der Waals surface area contributed by atoms with E-state index in [2.05, 4.69) is 10.1 Å². The number of hydrogen-bond donors (Lipinski definition) is 0. The molecular formula is C11H18N2O4. The van der Waals surface area contributed by atoms with Gasteiger partial charge >= 0.3 is 0 Å². The van der Waals surface area contributed by atoms with Gasteiger partial charge in [-0.1, -0.05) is 5.16 Å². The molecule has 1 aliphatic rings. The average Bonchev–Trinajstić information content (AvgIpc) is 2.99. The van der Waals surface area contributed by atoms with Crippen molar-refractivity contribution in [2.75, 3.05) is 26.4 Å². The minimum atomic E-state index is -0.562. The maximum Gasteiger partial charge on any atom is 0.283 e. The Morgan fingerprint density at radius 1 is 1.35 bits per heavy atom. The number of aromatic nitrogens is 2. The summed E-state index contributed by atoms with van der Waals surface area (Å²) in [5, 5.41) is 3.96. The van der Waals surface area contributed by atoms with Gasteiger partial charge in [0.05, 0.1) is 6.61 Å². The van der Waals surface area contributed by atoms with E-state index in [1.54, 1.807) is 0 Å². The zero-order valence-electron chi connectivity index (χ0n) is 10.2. The molecule has 0 amide bonds. The van der Waals surface area contributed by atoms with Crippen LogP contribution in [0, 0.1) is 0 Å². The third-order valence-electron chi connectivity index (χ3n) is 2.59. The molecule has 2 heterocycles. The second kappa shape index (κ2) is 6.09. The van der Waals surface area contributed by atoms with Crippen molar-refractivity contribution in [2.45, 2.75) is 32.5 Å². The highest BCUT2D eigenvalue weighted by Gasteiger charge is 2.26. The molecule has 1 fully saturated rings. The third kappa shape index (κ3) is 3.02. The second-order valence-corrected chi connectivity index (χ2v) is 3.79. The highest BCUT2D eigenvalue weighted by molar-refractivity contribution is 4.98. The van der Waals surface area contributed by atoms with Crippen molar-refractivity contribution in [3.63, 3.8) is 0 Å². The van der Waals surface area contributed by atoms with E-state index >= 15 is 0 Å². The molecule has 1 unspecified atom stereocenters. The zero-order valence-corrected chi connectivity index (χ0v) is 10.2. The van der Waals surface area contributed by atoms with E-state index in [1.807, 2.05) is 13.8 Å². The summed E-state index contributed by atoms with van der Waals surface area (Å²) < 4.78 is 21.3. The lowest BCUT2D eigenvalue weighted by Gasteiger charge is -2.11. The maximum absolute atomic E-state index is 5.39. The molecule has 0 spiro atoms. The number of rotatable bonds is 6. The molecule has 0 saturated carbocycles. The molecule has 1 saturated heterocycles. The van der Waals surface area contributed by atoms with Crippen LogP contribution >= 0.6 is 0 Å². The van der Waals surface area contributed by atoms with Crippen molar-refractivity contribution in [2.24, 2.45) is 0 Å². The molecule has 6 heteroatoms. The number of hydrogen-bond acceptors (Lipinski definition) is 6. The van der Waals surface area contributed by atoms with Crippen molar-refractivity contribution in [3.05, 3.63) is 11.7 Å². The fraction of sp³-hybridized carbons (Fsp3) is 0.818. The van der Waals surface area contributed by atoms with Crippen molar-refractivity contribution in [1.82, 2.24) is 10.1 Å². The highest BCUT2D eigenvalue weighted by atomic mass is 16.7. The van der Waals surface area contributed by atoms with Crippen molar-refractivity contribution in [1.29, 1.82) is 0 Å². The van der Waals surface area contributed by atoms with E-state index in [9.17, 15) is 0 Å². The van der Waals surface area contributed by atoms with E-state index in [1.165, 1.54) is 0 Å². The van der Waals surface area contributed by atoms with E-state index in [0.29, 0.717) is 31.5 Å². The average molecular weight is 242 g/mol. The molecule has 2 rings (SSSR count). The Morgan fingerprint density at radius 3 is 2.71 bits per heavy atom. The van der Waals surface area contributed by atoms with Gasteiger partial charge in [-0.25, -0.2) is 0 Å². The van der Waals surface area contributed by atoms with Crippen LogP contribution in [0.5, 0.6) is 0 Å². The van der Waals surface area contributed by atoms with E-state index < -0.39 is 6.29 Å². The Balaban J connectivity index is 2.03. The third-order valence-corrected chi connectivity index (χ3v) is 2.59. The Morgan fingerprint density at radius 2 is 2.12 bits per heavy atom. The van der Waals surface area contributed by atoms with Crippen LogP contribution in [0.4, 0.5) is 0 Å². The first-order valence-electron chi connectivity index (χ1n) is 5.99. The molecule has 0 aromatic carbocycles. The standard InChI is InChI=1S/C11H18N2O4/c1-3-15-11(16-4-2)10-12-9(13-17-10)8-5-6-14-7-8/h8,11H,3-7H2,1-2H3. The Labute approximate surface area is 100 Å². The van der Waals surface area contributed by atoms with Gasteiger partial charge < -0.3 is 18.7 Å². The van der Waals surface area contributed by atoms with Crippen molar-refractivity contribution < 1.29 is 18.7 Å². The summed E-state index contributed by atoms with van der Waals surface area (Å²) in [6, 6.07) is 0. The molecule has 17 heavy (non-hydrogen) atoms. The summed E-state index contributed by atoms with van der Waals surface area (Å²) in [5.74, 6) is 1.30. The summed E-state index contributed by atoms with van der Waals surface area (Å²) in [7, 11) is 0. The maximum atomic E-state index is 5.39. The van der Waals surface area contributed by atoms with Crippen LogP contribution < -0.4 is 0 Å². The zero-order chi connectivity index (χ0) is 12.1. The molecular weight excluding hydrogens is 224 g/mol. The first kappa shape index (κ1) is 12.5. The summed E-state index contributed by atoms with van der Waals surface area (Å²) in [4.78, 5) is 4.32. The Hall–Kier alpha value is -0.980. The van der Waals surface area contributed by atoms with Crippen molar-refractivity contribution in [3.8, 4) is 0 Å². The van der Waals surface area contributed by atoms with Gasteiger partial charge in [0.15, 0.2) is 5.82 Å². The van der Waals surface area contributed by atoms with Crippen LogP contribution in [0.2, 0.25) is 0 Å². The van der Waals surface area contributed by atoms with Gasteiger partial charge in [0, 0.05) is 25.7 Å². The van der Waals surface area contributed by atoms with Gasteiger partial charge in [-0.2, -0.15) is 4.98 Å². The highest BCUT2D eigenvalue weighted by Crippen LogP contribution is 2.25. The Bertz CT molecular complexity index is 330. The van der Waals surface area contributed by atoms with E-state index in [-0.39, 0.29) is 5.92 Å². The molecule has 1 atom stereocenters. The van der Waals surface area contributed by atoms with Crippen LogP contribution in [0.1, 0.15) is 44.2 Å². The topological polar surface area (TPSA) is 66.6 Å². The fourth-order valence-electron chi connectivity index (χ4n) is 1.74. The molecule has 0 N–H and O–H groups in total. The second-order valence-electron chi connectivity index (χ2n) is 3.79. The monoisotopic (exact) mass is 242 g/mol. The van der Waals surface area contributed by atoms with Crippen LogP contribution in [-0.4, -0.2) is 36.6 Å². The molecule has 96 valence electrons. The minimum absolute atomic E-state index is 0.233. The smallest absolute Gasteiger partial charge is 0.283 e. The number of ether oxygens (including phenoxy) is 3. The van der Waals surface area contributed by atoms with Gasteiger partial charge in [-0.3, -0.25) is 0 Å². The summed E-state index contributed by atoms with van der Waals surface area (Å²) >= 11 is 0. The van der Waals surface area contributed by atoms with Crippen LogP contribution in [0.15, 0.2) is 4.52 Å². The molecule has 1 aromatic rings. The fourth-order valence-corrected chi connectivity index (χ4v) is 1.74. The summed E-state index contributed by atoms with van der Waals surface area (Å²) in [5.41, 5.74) is 0. The molecule has 0 bridgehead atoms. The normalized spacial score (nSPS) is 20.3. The summed E-state index contributed by atoms with van der Waals surface area (Å²) in [6.07, 6.45) is 0.376. The van der Waals surface area contributed by atoms with Gasteiger partial charge in [0.2, 0.25) is 6.29 Å². The number of nitrogens with zero attached hydrogens (tertiary/aromatic N) is 2. The van der Waals surface area contributed by atoms with Crippen molar-refractivity contribution >= 4 is 0 Å². The molecule has 6 nitrogen and oxygen atoms in total. The van der Waals surface area contributed by atoms with Gasteiger partial charge in [-0.05, 0) is 20.3 Å². The summed E-state index contributed by atoms with van der Waals surface area (Å²) in [6.45, 7) is 6.29. The molecule has 1 aromatic heterocycles. The van der Waals surface area contributed by atoms with Crippen LogP contribution in [0.3, 0.4) is 0 Å².